The lowest BCUT2D eigenvalue weighted by molar-refractivity contribution is -0.137. The highest BCUT2D eigenvalue weighted by molar-refractivity contribution is 6.27. The maximum Gasteiger partial charge on any atom is 0.339 e. The Balaban J connectivity index is 2.08. The molecule has 4 rings (SSSR count). The number of benzene rings is 3. The fraction of sp³-hybridized carbons (Fsp3) is 0.0455. The monoisotopic (exact) mass is 312 g/mol. The molecule has 0 saturated heterocycles. The van der Waals surface area contributed by atoms with E-state index in [0.29, 0.717) is 12.2 Å². The van der Waals surface area contributed by atoms with E-state index in [4.69, 9.17) is 4.74 Å². The summed E-state index contributed by atoms with van der Waals surface area (Å²) < 4.78 is 5.55. The summed E-state index contributed by atoms with van der Waals surface area (Å²) in [5.41, 5.74) is 5.51. The molecule has 0 unspecified atom stereocenters. The van der Waals surface area contributed by atoms with Crippen molar-refractivity contribution in [2.45, 2.75) is 6.61 Å². The van der Waals surface area contributed by atoms with Gasteiger partial charge < -0.3 is 4.74 Å². The molecule has 2 nitrogen and oxygen atoms in total. The standard InChI is InChI=1S/C22H16O2/c23-22-21(17-11-5-2-6-12-17)20(16-9-3-1-4-10-16)19-14-8-7-13-18(19)15-24-22/h1-14H,15H2. The van der Waals surface area contributed by atoms with E-state index >= 15 is 0 Å². The van der Waals surface area contributed by atoms with Crippen molar-refractivity contribution in [2.24, 2.45) is 0 Å². The van der Waals surface area contributed by atoms with E-state index in [1.165, 1.54) is 0 Å². The molecule has 2 heteroatoms. The first kappa shape index (κ1) is 14.5. The van der Waals surface area contributed by atoms with Gasteiger partial charge in [-0.2, -0.15) is 0 Å². The number of ether oxygens (including phenoxy) is 1. The molecule has 1 heterocycles. The molecule has 1 aliphatic rings. The predicted octanol–water partition coefficient (Wildman–Crippen LogP) is 4.70. The van der Waals surface area contributed by atoms with Crippen LogP contribution in [-0.2, 0) is 16.1 Å². The first-order valence-electron chi connectivity index (χ1n) is 7.95. The SMILES string of the molecule is O=C1OCc2ccccc2C(c2ccccc2)=C1c1ccccc1. The van der Waals surface area contributed by atoms with Crippen LogP contribution >= 0.6 is 0 Å². The third-order valence-electron chi connectivity index (χ3n) is 4.22. The third kappa shape index (κ3) is 2.52. The lowest BCUT2D eigenvalue weighted by Gasteiger charge is -2.14. The van der Waals surface area contributed by atoms with Crippen molar-refractivity contribution in [1.29, 1.82) is 0 Å². The number of hydrogen-bond acceptors (Lipinski definition) is 2. The first-order chi connectivity index (χ1) is 11.8. The smallest absolute Gasteiger partial charge is 0.339 e. The molecule has 116 valence electrons. The number of cyclic esters (lactones) is 1. The molecular weight excluding hydrogens is 296 g/mol. The fourth-order valence-corrected chi connectivity index (χ4v) is 3.11. The summed E-state index contributed by atoms with van der Waals surface area (Å²) in [4.78, 5) is 12.8. The Morgan fingerprint density at radius 1 is 0.625 bits per heavy atom. The average Bonchev–Trinajstić information content (AvgIpc) is 2.80. The van der Waals surface area contributed by atoms with E-state index in [9.17, 15) is 4.79 Å². The van der Waals surface area contributed by atoms with E-state index in [2.05, 4.69) is 6.07 Å². The van der Waals surface area contributed by atoms with Crippen molar-refractivity contribution in [2.75, 3.05) is 0 Å². The fourth-order valence-electron chi connectivity index (χ4n) is 3.11. The molecule has 3 aromatic rings. The molecule has 0 spiro atoms. The van der Waals surface area contributed by atoms with Gasteiger partial charge in [0, 0.05) is 5.57 Å². The number of carbonyl (C=O) groups excluding carboxylic acids is 1. The zero-order valence-corrected chi connectivity index (χ0v) is 13.1. The highest BCUT2D eigenvalue weighted by Crippen LogP contribution is 2.37. The number of rotatable bonds is 2. The second-order valence-electron chi connectivity index (χ2n) is 5.72. The molecule has 0 aromatic heterocycles. The predicted molar refractivity (Wildman–Crippen MR) is 95.0 cm³/mol. The molecular formula is C22H16O2. The summed E-state index contributed by atoms with van der Waals surface area (Å²) in [6, 6.07) is 27.8. The van der Waals surface area contributed by atoms with E-state index in [-0.39, 0.29) is 5.97 Å². The van der Waals surface area contributed by atoms with Gasteiger partial charge in [-0.05, 0) is 22.3 Å². The quantitative estimate of drug-likeness (QED) is 0.641. The third-order valence-corrected chi connectivity index (χ3v) is 4.22. The van der Waals surface area contributed by atoms with Gasteiger partial charge in [0.05, 0.1) is 5.57 Å². The minimum Gasteiger partial charge on any atom is -0.457 e. The molecule has 0 N–H and O–H groups in total. The Bertz CT molecular complexity index is 909. The molecule has 1 aliphatic heterocycles. The van der Waals surface area contributed by atoms with Gasteiger partial charge in [0.15, 0.2) is 0 Å². The summed E-state index contributed by atoms with van der Waals surface area (Å²) in [6.45, 7) is 0.293. The second-order valence-corrected chi connectivity index (χ2v) is 5.72. The zero-order chi connectivity index (χ0) is 16.4. The number of carbonyl (C=O) groups is 1. The lowest BCUT2D eigenvalue weighted by Crippen LogP contribution is -2.06. The summed E-state index contributed by atoms with van der Waals surface area (Å²) >= 11 is 0. The molecule has 0 amide bonds. The van der Waals surface area contributed by atoms with Crippen molar-refractivity contribution in [3.05, 3.63) is 107 Å². The van der Waals surface area contributed by atoms with Crippen molar-refractivity contribution in [3.8, 4) is 0 Å². The van der Waals surface area contributed by atoms with Crippen LogP contribution in [0.15, 0.2) is 84.9 Å². The highest BCUT2D eigenvalue weighted by Gasteiger charge is 2.26. The largest absolute Gasteiger partial charge is 0.457 e. The number of fused-ring (bicyclic) bond motifs is 1. The maximum absolute atomic E-state index is 12.8. The van der Waals surface area contributed by atoms with Gasteiger partial charge in [0.1, 0.15) is 6.61 Å². The minimum absolute atomic E-state index is 0.281. The molecule has 0 fully saturated rings. The van der Waals surface area contributed by atoms with E-state index in [0.717, 1.165) is 27.8 Å². The van der Waals surface area contributed by atoms with Crippen LogP contribution in [0.4, 0.5) is 0 Å². The van der Waals surface area contributed by atoms with Crippen LogP contribution in [0.2, 0.25) is 0 Å². The maximum atomic E-state index is 12.8. The van der Waals surface area contributed by atoms with Crippen LogP contribution in [-0.4, -0.2) is 5.97 Å². The van der Waals surface area contributed by atoms with Crippen LogP contribution in [0.3, 0.4) is 0 Å². The van der Waals surface area contributed by atoms with Gasteiger partial charge in [-0.3, -0.25) is 0 Å². The van der Waals surface area contributed by atoms with Crippen LogP contribution in [0.1, 0.15) is 22.3 Å². The van der Waals surface area contributed by atoms with E-state index in [1.807, 2.05) is 78.9 Å². The van der Waals surface area contributed by atoms with Crippen molar-refractivity contribution in [3.63, 3.8) is 0 Å². The lowest BCUT2D eigenvalue weighted by atomic mass is 9.88. The molecule has 24 heavy (non-hydrogen) atoms. The van der Waals surface area contributed by atoms with Gasteiger partial charge in [-0.25, -0.2) is 4.79 Å². The van der Waals surface area contributed by atoms with Gasteiger partial charge in [0.2, 0.25) is 0 Å². The molecule has 0 bridgehead atoms. The highest BCUT2D eigenvalue weighted by atomic mass is 16.5. The molecule has 3 aromatic carbocycles. The van der Waals surface area contributed by atoms with Crippen LogP contribution in [0.5, 0.6) is 0 Å². The summed E-state index contributed by atoms with van der Waals surface area (Å²) in [7, 11) is 0. The Labute approximate surface area is 141 Å². The molecule has 0 saturated carbocycles. The Morgan fingerprint density at radius 2 is 1.17 bits per heavy atom. The van der Waals surface area contributed by atoms with Gasteiger partial charge >= 0.3 is 5.97 Å². The second kappa shape index (κ2) is 6.17. The topological polar surface area (TPSA) is 26.3 Å². The Morgan fingerprint density at radius 3 is 1.83 bits per heavy atom. The molecule has 0 atom stereocenters. The normalized spacial score (nSPS) is 13.9. The number of esters is 1. The van der Waals surface area contributed by atoms with Crippen LogP contribution < -0.4 is 0 Å². The molecule has 0 radical (unpaired) electrons. The zero-order valence-electron chi connectivity index (χ0n) is 13.1. The minimum atomic E-state index is -0.281. The molecule has 0 aliphatic carbocycles. The first-order valence-corrected chi connectivity index (χ1v) is 7.95. The average molecular weight is 312 g/mol. The van der Waals surface area contributed by atoms with Gasteiger partial charge in [0.25, 0.3) is 0 Å². The van der Waals surface area contributed by atoms with Crippen LogP contribution in [0, 0.1) is 0 Å². The van der Waals surface area contributed by atoms with E-state index < -0.39 is 0 Å². The Kier molecular flexibility index (Phi) is 3.72. The number of hydrogen-bond donors (Lipinski definition) is 0. The van der Waals surface area contributed by atoms with E-state index in [1.54, 1.807) is 0 Å². The van der Waals surface area contributed by atoms with Gasteiger partial charge in [-0.15, -0.1) is 0 Å². The van der Waals surface area contributed by atoms with Crippen molar-refractivity contribution in [1.82, 2.24) is 0 Å². The van der Waals surface area contributed by atoms with Crippen molar-refractivity contribution < 1.29 is 9.53 Å². The van der Waals surface area contributed by atoms with Crippen molar-refractivity contribution >= 4 is 17.1 Å². The Hall–Kier alpha value is -3.13. The summed E-state index contributed by atoms with van der Waals surface area (Å²) in [6.07, 6.45) is 0. The van der Waals surface area contributed by atoms with Gasteiger partial charge in [-0.1, -0.05) is 84.9 Å². The van der Waals surface area contributed by atoms with Crippen LogP contribution in [0.25, 0.3) is 11.1 Å². The summed E-state index contributed by atoms with van der Waals surface area (Å²) in [5.74, 6) is -0.281. The summed E-state index contributed by atoms with van der Waals surface area (Å²) in [5, 5.41) is 0.